The predicted octanol–water partition coefficient (Wildman–Crippen LogP) is 3.85. The van der Waals surface area contributed by atoms with E-state index in [1.165, 1.54) is 5.56 Å². The summed E-state index contributed by atoms with van der Waals surface area (Å²) in [5, 5.41) is 0. The van der Waals surface area contributed by atoms with Crippen LogP contribution in [0.25, 0.3) is 6.08 Å². The Kier molecular flexibility index (Phi) is 2.97. The van der Waals surface area contributed by atoms with Crippen molar-refractivity contribution in [1.82, 2.24) is 0 Å². The molecule has 0 saturated heterocycles. The van der Waals surface area contributed by atoms with Gasteiger partial charge in [0, 0.05) is 0 Å². The molecule has 1 aromatic rings. The van der Waals surface area contributed by atoms with Gasteiger partial charge in [0.05, 0.1) is 0 Å². The fraction of sp³-hybridized carbons (Fsp3) is 0.429. The zero-order chi connectivity index (χ0) is 11.1. The van der Waals surface area contributed by atoms with E-state index in [0.717, 1.165) is 3.97 Å². The molecule has 1 heterocycles. The molecule has 0 aromatic heterocycles. The first-order valence-corrected chi connectivity index (χ1v) is 7.97. The molecule has 0 N–H and O–H groups in total. The number of hydrogen-bond donors (Lipinski definition) is 0. The topological polar surface area (TPSA) is 0 Å². The van der Waals surface area contributed by atoms with Crippen molar-refractivity contribution < 1.29 is 0 Å². The summed E-state index contributed by atoms with van der Waals surface area (Å²) >= 11 is -0.0208. The molecule has 0 aliphatic carbocycles. The van der Waals surface area contributed by atoms with Crippen LogP contribution >= 0.6 is 0 Å². The first kappa shape index (κ1) is 11.2. The van der Waals surface area contributed by atoms with E-state index in [1.807, 2.05) is 0 Å². The van der Waals surface area contributed by atoms with Gasteiger partial charge in [0.2, 0.25) is 0 Å². The van der Waals surface area contributed by atoms with Crippen molar-refractivity contribution in [3.63, 3.8) is 0 Å². The van der Waals surface area contributed by atoms with Crippen LogP contribution in [0.4, 0.5) is 0 Å². The van der Waals surface area contributed by atoms with Crippen molar-refractivity contribution in [2.45, 2.75) is 31.7 Å². The molecule has 0 nitrogen and oxygen atoms in total. The van der Waals surface area contributed by atoms with E-state index in [4.69, 9.17) is 0 Å². The van der Waals surface area contributed by atoms with Gasteiger partial charge < -0.3 is 0 Å². The average molecular weight is 314 g/mol. The summed E-state index contributed by atoms with van der Waals surface area (Å²) in [6.07, 6.45) is 2.44. The van der Waals surface area contributed by atoms with Crippen molar-refractivity contribution in [3.8, 4) is 0 Å². The maximum atomic E-state index is 2.44. The first-order valence-electron chi connectivity index (χ1n) is 5.46. The Labute approximate surface area is 103 Å². The van der Waals surface area contributed by atoms with Gasteiger partial charge in [-0.15, -0.1) is 0 Å². The van der Waals surface area contributed by atoms with Crippen molar-refractivity contribution >= 4 is 27.0 Å². The zero-order valence-corrected chi connectivity index (χ0v) is 12.2. The minimum absolute atomic E-state index is 0.0208. The Morgan fingerprint density at radius 2 is 1.80 bits per heavy atom. The van der Waals surface area contributed by atoms with Gasteiger partial charge in [0.15, 0.2) is 0 Å². The van der Waals surface area contributed by atoms with Gasteiger partial charge in [-0.25, -0.2) is 0 Å². The van der Waals surface area contributed by atoms with E-state index in [-0.39, 0.29) is 20.9 Å². The van der Waals surface area contributed by atoms with Crippen molar-refractivity contribution in [1.29, 1.82) is 0 Å². The van der Waals surface area contributed by atoms with Crippen LogP contribution in [0.15, 0.2) is 27.9 Å². The zero-order valence-electron chi connectivity index (χ0n) is 9.87. The van der Waals surface area contributed by atoms with Gasteiger partial charge in [0.1, 0.15) is 0 Å². The predicted molar refractivity (Wildman–Crippen MR) is 68.0 cm³/mol. The molecule has 1 unspecified atom stereocenters. The molecule has 1 aliphatic rings. The van der Waals surface area contributed by atoms with Crippen LogP contribution in [0.1, 0.15) is 42.8 Å². The van der Waals surface area contributed by atoms with Crippen LogP contribution in [0.3, 0.4) is 0 Å². The Morgan fingerprint density at radius 3 is 2.47 bits per heavy atom. The van der Waals surface area contributed by atoms with E-state index in [2.05, 4.69) is 58.0 Å². The number of allylic oxidation sites excluding steroid dienone is 1. The third kappa shape index (κ3) is 2.30. The molecular weight excluding hydrogens is 296 g/mol. The van der Waals surface area contributed by atoms with Gasteiger partial charge in [-0.05, 0) is 0 Å². The molecule has 80 valence electrons. The van der Waals surface area contributed by atoms with E-state index >= 15 is 0 Å². The molecule has 15 heavy (non-hydrogen) atoms. The van der Waals surface area contributed by atoms with Crippen LogP contribution in [0.2, 0.25) is 0 Å². The minimum atomic E-state index is -0.0208. The summed E-state index contributed by atoms with van der Waals surface area (Å²) in [5.74, 6) is 0. The molecule has 0 spiro atoms. The first-order chi connectivity index (χ1) is 6.98. The summed E-state index contributed by atoms with van der Waals surface area (Å²) in [5.41, 5.74) is 3.38. The molecule has 1 heteroatoms. The molecule has 0 saturated carbocycles. The monoisotopic (exact) mass is 316 g/mol. The second-order valence-electron chi connectivity index (χ2n) is 5.15. The standard InChI is InChI=1S/C14H18Te/c1-10-12-8-6-5-7-11(12)9-13(15-10)14(2,3)4/h5-10H,1-4H3. The van der Waals surface area contributed by atoms with E-state index in [9.17, 15) is 0 Å². The normalized spacial score (nSPS) is 20.8. The van der Waals surface area contributed by atoms with E-state index in [1.54, 1.807) is 9.18 Å². The third-order valence-corrected chi connectivity index (χ3v) is 7.31. The van der Waals surface area contributed by atoms with Crippen molar-refractivity contribution in [2.24, 2.45) is 5.41 Å². The summed E-state index contributed by atoms with van der Waals surface area (Å²) in [6.45, 7) is 9.40. The summed E-state index contributed by atoms with van der Waals surface area (Å²) in [7, 11) is 0. The fourth-order valence-electron chi connectivity index (χ4n) is 1.84. The molecule has 1 atom stereocenters. The molecule has 0 fully saturated rings. The molecule has 1 aromatic carbocycles. The number of fused-ring (bicyclic) bond motifs is 1. The quantitative estimate of drug-likeness (QED) is 0.638. The van der Waals surface area contributed by atoms with Crippen LogP contribution in [-0.2, 0) is 0 Å². The maximum absolute atomic E-state index is 2.44. The molecule has 2 rings (SSSR count). The molecular formula is C14H18Te. The van der Waals surface area contributed by atoms with E-state index < -0.39 is 0 Å². The Hall–Kier alpha value is -0.250. The number of hydrogen-bond acceptors (Lipinski definition) is 0. The summed E-state index contributed by atoms with van der Waals surface area (Å²) < 4.78 is 2.50. The van der Waals surface area contributed by atoms with Crippen LogP contribution < -0.4 is 0 Å². The average Bonchev–Trinajstić information content (AvgIpc) is 2.16. The Balaban J connectivity index is 2.48. The van der Waals surface area contributed by atoms with Crippen molar-refractivity contribution in [3.05, 3.63) is 39.0 Å². The van der Waals surface area contributed by atoms with Gasteiger partial charge in [0.25, 0.3) is 0 Å². The van der Waals surface area contributed by atoms with Gasteiger partial charge >= 0.3 is 103 Å². The van der Waals surface area contributed by atoms with Crippen LogP contribution in [0, 0.1) is 5.41 Å². The number of rotatable bonds is 0. The van der Waals surface area contributed by atoms with Crippen molar-refractivity contribution in [2.75, 3.05) is 0 Å². The molecule has 0 bridgehead atoms. The van der Waals surface area contributed by atoms with E-state index in [0.29, 0.717) is 5.41 Å². The molecule has 0 radical (unpaired) electrons. The second kappa shape index (κ2) is 3.96. The summed E-state index contributed by atoms with van der Waals surface area (Å²) in [4.78, 5) is 0. The van der Waals surface area contributed by atoms with Gasteiger partial charge in [-0.1, -0.05) is 0 Å². The number of benzene rings is 1. The second-order valence-corrected chi connectivity index (χ2v) is 9.09. The Bertz CT molecular complexity index is 396. The summed E-state index contributed by atoms with van der Waals surface area (Å²) in [6, 6.07) is 8.86. The van der Waals surface area contributed by atoms with Gasteiger partial charge in [-0.2, -0.15) is 0 Å². The SMILES string of the molecule is CC1[Te]C(C(C)(C)C)=Cc2ccccc21. The third-order valence-electron chi connectivity index (χ3n) is 2.76. The van der Waals surface area contributed by atoms with Gasteiger partial charge in [-0.3, -0.25) is 0 Å². The van der Waals surface area contributed by atoms with Crippen LogP contribution in [0.5, 0.6) is 0 Å². The van der Waals surface area contributed by atoms with Crippen LogP contribution in [-0.4, -0.2) is 20.9 Å². The molecule has 0 amide bonds. The fourth-order valence-corrected chi connectivity index (χ4v) is 5.46. The Morgan fingerprint density at radius 1 is 1.13 bits per heavy atom. The molecule has 1 aliphatic heterocycles.